The van der Waals surface area contributed by atoms with E-state index in [0.717, 1.165) is 5.56 Å². The van der Waals surface area contributed by atoms with Gasteiger partial charge in [0.15, 0.2) is 11.2 Å². The normalized spacial score (nSPS) is 17.6. The molecule has 0 bridgehead atoms. The van der Waals surface area contributed by atoms with Crippen LogP contribution in [0.25, 0.3) is 11.0 Å². The Morgan fingerprint density at radius 1 is 1.16 bits per heavy atom. The van der Waals surface area contributed by atoms with Crippen molar-refractivity contribution >= 4 is 16.9 Å². The lowest BCUT2D eigenvalue weighted by Crippen LogP contribution is -2.42. The Kier molecular flexibility index (Phi) is 4.03. The zero-order chi connectivity index (χ0) is 17.2. The molecule has 2 aromatic heterocycles. The molecule has 6 heteroatoms. The Bertz CT molecular complexity index is 968. The van der Waals surface area contributed by atoms with Gasteiger partial charge in [0.05, 0.1) is 18.5 Å². The number of carbonyl (C=O) groups is 1. The maximum absolute atomic E-state index is 12.8. The van der Waals surface area contributed by atoms with E-state index in [-0.39, 0.29) is 23.2 Å². The Hall–Kier alpha value is -2.99. The number of para-hydroxylation sites is 1. The summed E-state index contributed by atoms with van der Waals surface area (Å²) in [7, 11) is 0. The fourth-order valence-corrected chi connectivity index (χ4v) is 2.98. The third-order valence-electron chi connectivity index (χ3n) is 4.28. The fraction of sp³-hybridized carbons (Fsp3) is 0.211. The number of carbonyl (C=O) groups excluding carboxylic acids is 1. The highest BCUT2D eigenvalue weighted by molar-refractivity contribution is 5.93. The second-order valence-corrected chi connectivity index (χ2v) is 5.86. The van der Waals surface area contributed by atoms with Gasteiger partial charge in [-0.25, -0.2) is 0 Å². The summed E-state index contributed by atoms with van der Waals surface area (Å²) in [6.45, 7) is 1.28. The number of pyridine rings is 1. The molecule has 3 heterocycles. The van der Waals surface area contributed by atoms with Crippen molar-refractivity contribution in [2.45, 2.75) is 6.10 Å². The van der Waals surface area contributed by atoms with E-state index < -0.39 is 0 Å². The molecule has 0 radical (unpaired) electrons. The van der Waals surface area contributed by atoms with Gasteiger partial charge in [-0.2, -0.15) is 0 Å². The largest absolute Gasteiger partial charge is 0.451 e. The van der Waals surface area contributed by atoms with Crippen LogP contribution in [0.1, 0.15) is 22.2 Å². The van der Waals surface area contributed by atoms with Crippen molar-refractivity contribution < 1.29 is 13.9 Å². The van der Waals surface area contributed by atoms with Crippen LogP contribution < -0.4 is 5.43 Å². The average molecular weight is 336 g/mol. The van der Waals surface area contributed by atoms with E-state index in [0.29, 0.717) is 30.7 Å². The minimum Gasteiger partial charge on any atom is -0.451 e. The average Bonchev–Trinajstić information content (AvgIpc) is 2.68. The molecule has 6 nitrogen and oxygen atoms in total. The van der Waals surface area contributed by atoms with Crippen molar-refractivity contribution in [3.05, 3.63) is 76.4 Å². The van der Waals surface area contributed by atoms with Crippen LogP contribution >= 0.6 is 0 Å². The summed E-state index contributed by atoms with van der Waals surface area (Å²) in [5.74, 6) is -0.246. The number of aromatic nitrogens is 1. The summed E-state index contributed by atoms with van der Waals surface area (Å²) >= 11 is 0. The van der Waals surface area contributed by atoms with E-state index in [2.05, 4.69) is 4.98 Å². The van der Waals surface area contributed by atoms with Crippen molar-refractivity contribution in [1.82, 2.24) is 9.88 Å². The second-order valence-electron chi connectivity index (χ2n) is 5.86. The minimum absolute atomic E-state index is 0.0547. The molecule has 1 aliphatic rings. The quantitative estimate of drug-likeness (QED) is 0.718. The van der Waals surface area contributed by atoms with Gasteiger partial charge in [-0.05, 0) is 29.8 Å². The van der Waals surface area contributed by atoms with Gasteiger partial charge in [-0.3, -0.25) is 14.6 Å². The first-order valence-corrected chi connectivity index (χ1v) is 8.06. The molecule has 0 aliphatic carbocycles. The van der Waals surface area contributed by atoms with Crippen molar-refractivity contribution in [2.75, 3.05) is 19.7 Å². The molecule has 1 unspecified atom stereocenters. The zero-order valence-corrected chi connectivity index (χ0v) is 13.4. The van der Waals surface area contributed by atoms with Gasteiger partial charge in [0.1, 0.15) is 11.7 Å². The van der Waals surface area contributed by atoms with Gasteiger partial charge in [0.2, 0.25) is 0 Å². The third kappa shape index (κ3) is 3.04. The van der Waals surface area contributed by atoms with Crippen molar-refractivity contribution in [3.8, 4) is 0 Å². The SMILES string of the molecule is O=C(c1cc(=O)c2ccccc2o1)N1CCOC(c2ccncc2)C1. The number of rotatable bonds is 2. The fourth-order valence-electron chi connectivity index (χ4n) is 2.98. The number of hydrogen-bond donors (Lipinski definition) is 0. The minimum atomic E-state index is -0.301. The molecular formula is C19H16N2O4. The molecule has 1 aromatic carbocycles. The first kappa shape index (κ1) is 15.5. The topological polar surface area (TPSA) is 72.6 Å². The number of nitrogens with zero attached hydrogens (tertiary/aromatic N) is 2. The zero-order valence-electron chi connectivity index (χ0n) is 13.4. The molecule has 25 heavy (non-hydrogen) atoms. The van der Waals surface area contributed by atoms with E-state index in [1.165, 1.54) is 6.07 Å². The molecule has 0 N–H and O–H groups in total. The Balaban J connectivity index is 1.61. The molecular weight excluding hydrogens is 320 g/mol. The Morgan fingerprint density at radius 3 is 2.80 bits per heavy atom. The van der Waals surface area contributed by atoms with Gasteiger partial charge in [-0.15, -0.1) is 0 Å². The van der Waals surface area contributed by atoms with Gasteiger partial charge in [0.25, 0.3) is 5.91 Å². The molecule has 0 saturated carbocycles. The predicted molar refractivity (Wildman–Crippen MR) is 91.3 cm³/mol. The van der Waals surface area contributed by atoms with Crippen LogP contribution in [0, 0.1) is 0 Å². The van der Waals surface area contributed by atoms with Crippen LogP contribution in [-0.2, 0) is 4.74 Å². The lowest BCUT2D eigenvalue weighted by Gasteiger charge is -2.32. The smallest absolute Gasteiger partial charge is 0.289 e. The van der Waals surface area contributed by atoms with Crippen molar-refractivity contribution in [2.24, 2.45) is 0 Å². The molecule has 4 rings (SSSR count). The lowest BCUT2D eigenvalue weighted by molar-refractivity contribution is -0.0237. The molecule has 126 valence electrons. The predicted octanol–water partition coefficient (Wildman–Crippen LogP) is 2.40. The van der Waals surface area contributed by atoms with E-state index in [4.69, 9.17) is 9.15 Å². The first-order valence-electron chi connectivity index (χ1n) is 8.06. The molecule has 1 amide bonds. The monoisotopic (exact) mass is 336 g/mol. The summed E-state index contributed by atoms with van der Waals surface area (Å²) in [6.07, 6.45) is 3.18. The lowest BCUT2D eigenvalue weighted by atomic mass is 10.1. The second kappa shape index (κ2) is 6.49. The number of fused-ring (bicyclic) bond motifs is 1. The van der Waals surface area contributed by atoms with E-state index >= 15 is 0 Å². The van der Waals surface area contributed by atoms with Crippen LogP contribution in [-0.4, -0.2) is 35.5 Å². The number of amides is 1. The van der Waals surface area contributed by atoms with E-state index in [1.54, 1.807) is 41.6 Å². The van der Waals surface area contributed by atoms with Crippen LogP contribution in [0.5, 0.6) is 0 Å². The van der Waals surface area contributed by atoms with Crippen LogP contribution in [0.15, 0.2) is 64.1 Å². The summed E-state index contributed by atoms with van der Waals surface area (Å²) in [5, 5.41) is 0.468. The van der Waals surface area contributed by atoms with Crippen LogP contribution in [0.4, 0.5) is 0 Å². The molecule has 1 fully saturated rings. The molecule has 0 spiro atoms. The van der Waals surface area contributed by atoms with Gasteiger partial charge in [0, 0.05) is 25.0 Å². The number of ether oxygens (including phenoxy) is 1. The highest BCUT2D eigenvalue weighted by Crippen LogP contribution is 2.23. The standard InChI is InChI=1S/C19H16N2O4/c22-15-11-17(25-16-4-2-1-3-14(15)16)19(23)21-9-10-24-18(12-21)13-5-7-20-8-6-13/h1-8,11,18H,9-10,12H2. The van der Waals surface area contributed by atoms with Gasteiger partial charge in [-0.1, -0.05) is 12.1 Å². The van der Waals surface area contributed by atoms with E-state index in [1.807, 2.05) is 12.1 Å². The summed E-state index contributed by atoms with van der Waals surface area (Å²) in [6, 6.07) is 11.9. The number of morpholine rings is 1. The molecule has 1 saturated heterocycles. The molecule has 1 atom stereocenters. The number of benzene rings is 1. The molecule has 3 aromatic rings. The summed E-state index contributed by atoms with van der Waals surface area (Å²) < 4.78 is 11.4. The van der Waals surface area contributed by atoms with Gasteiger partial charge < -0.3 is 14.1 Å². The third-order valence-corrected chi connectivity index (χ3v) is 4.28. The number of hydrogen-bond acceptors (Lipinski definition) is 5. The van der Waals surface area contributed by atoms with Crippen LogP contribution in [0.3, 0.4) is 0 Å². The summed E-state index contributed by atoms with van der Waals surface area (Å²) in [4.78, 5) is 30.7. The van der Waals surface area contributed by atoms with E-state index in [9.17, 15) is 9.59 Å². The van der Waals surface area contributed by atoms with Crippen molar-refractivity contribution in [1.29, 1.82) is 0 Å². The molecule has 1 aliphatic heterocycles. The van der Waals surface area contributed by atoms with Crippen molar-refractivity contribution in [3.63, 3.8) is 0 Å². The first-order chi connectivity index (χ1) is 12.2. The van der Waals surface area contributed by atoms with Gasteiger partial charge >= 0.3 is 0 Å². The highest BCUT2D eigenvalue weighted by atomic mass is 16.5. The Morgan fingerprint density at radius 2 is 1.96 bits per heavy atom. The summed E-state index contributed by atoms with van der Waals surface area (Å²) in [5.41, 5.74) is 1.16. The maximum Gasteiger partial charge on any atom is 0.289 e. The Labute approximate surface area is 143 Å². The highest BCUT2D eigenvalue weighted by Gasteiger charge is 2.27. The van der Waals surface area contributed by atoms with Crippen LogP contribution in [0.2, 0.25) is 0 Å². The maximum atomic E-state index is 12.8.